The van der Waals surface area contributed by atoms with Gasteiger partial charge < -0.3 is 5.84 Å². The lowest BCUT2D eigenvalue weighted by atomic mass is 10.2. The average molecular weight is 287 g/mol. The first-order valence-corrected chi connectivity index (χ1v) is 7.05. The summed E-state index contributed by atoms with van der Waals surface area (Å²) in [5.74, 6) is 6.95. The molecule has 20 heavy (non-hydrogen) atoms. The number of nitrogen functional groups attached to an aromatic ring is 1. The molecule has 0 fully saturated rings. The van der Waals surface area contributed by atoms with Gasteiger partial charge in [0.05, 0.1) is 0 Å². The van der Waals surface area contributed by atoms with Crippen molar-refractivity contribution < 1.29 is 0 Å². The Balaban J connectivity index is 1.92. The minimum absolute atomic E-state index is 0.224. The van der Waals surface area contributed by atoms with E-state index in [-0.39, 0.29) is 5.56 Å². The molecule has 0 saturated heterocycles. The predicted molar refractivity (Wildman–Crippen MR) is 78.1 cm³/mol. The van der Waals surface area contributed by atoms with Crippen molar-refractivity contribution in [3.8, 4) is 0 Å². The van der Waals surface area contributed by atoms with Gasteiger partial charge in [0, 0.05) is 17.5 Å². The lowest BCUT2D eigenvalue weighted by Crippen LogP contribution is -2.24. The van der Waals surface area contributed by atoms with Gasteiger partial charge in [0.25, 0.3) is 11.3 Å². The first kappa shape index (κ1) is 12.7. The Morgan fingerprint density at radius 2 is 2.05 bits per heavy atom. The molecule has 0 aliphatic rings. The minimum Gasteiger partial charge on any atom is -0.336 e. The molecule has 102 valence electrons. The predicted octanol–water partition coefficient (Wildman–Crippen LogP) is 1.21. The molecule has 0 atom stereocenters. The van der Waals surface area contributed by atoms with E-state index in [0.29, 0.717) is 16.6 Å². The van der Waals surface area contributed by atoms with Crippen LogP contribution in [-0.4, -0.2) is 19.3 Å². The monoisotopic (exact) mass is 287 g/mol. The normalized spacial score (nSPS) is 11.1. The van der Waals surface area contributed by atoms with Gasteiger partial charge in [-0.2, -0.15) is 9.50 Å². The SMILES string of the molecule is Cc1cc(=O)n2nc(SCc3ccccc3)nc2n1N. The van der Waals surface area contributed by atoms with Crippen LogP contribution in [0.1, 0.15) is 11.3 Å². The number of aromatic nitrogens is 4. The Labute approximate surface area is 119 Å². The molecule has 0 aliphatic heterocycles. The number of benzene rings is 1. The van der Waals surface area contributed by atoms with Gasteiger partial charge in [-0.1, -0.05) is 42.1 Å². The van der Waals surface area contributed by atoms with E-state index in [0.717, 1.165) is 5.75 Å². The standard InChI is InChI=1S/C13H13N5OS/c1-9-7-11(19)18-13(17(9)14)15-12(16-18)20-8-10-5-3-2-4-6-10/h2-7H,8,14H2,1H3. The smallest absolute Gasteiger partial charge is 0.276 e. The summed E-state index contributed by atoms with van der Waals surface area (Å²) in [5, 5.41) is 4.72. The second-order valence-electron chi connectivity index (χ2n) is 4.37. The molecule has 0 bridgehead atoms. The molecule has 0 amide bonds. The molecule has 0 radical (unpaired) electrons. The highest BCUT2D eigenvalue weighted by molar-refractivity contribution is 7.98. The van der Waals surface area contributed by atoms with Crippen molar-refractivity contribution in [3.05, 3.63) is 58.0 Å². The summed E-state index contributed by atoms with van der Waals surface area (Å²) in [5.41, 5.74) is 1.60. The average Bonchev–Trinajstić information content (AvgIpc) is 2.89. The van der Waals surface area contributed by atoms with Crippen LogP contribution in [0.2, 0.25) is 0 Å². The third-order valence-electron chi connectivity index (χ3n) is 2.92. The Morgan fingerprint density at radius 3 is 2.80 bits per heavy atom. The van der Waals surface area contributed by atoms with Crippen molar-refractivity contribution in [3.63, 3.8) is 0 Å². The van der Waals surface area contributed by atoms with Crippen LogP contribution in [0.15, 0.2) is 46.3 Å². The van der Waals surface area contributed by atoms with Gasteiger partial charge in [-0.15, -0.1) is 5.10 Å². The third kappa shape index (κ3) is 2.27. The number of hydrogen-bond acceptors (Lipinski definition) is 5. The van der Waals surface area contributed by atoms with E-state index in [1.165, 1.54) is 32.6 Å². The molecule has 0 spiro atoms. The maximum atomic E-state index is 11.8. The van der Waals surface area contributed by atoms with Crippen molar-refractivity contribution in [2.45, 2.75) is 17.8 Å². The molecule has 2 heterocycles. The van der Waals surface area contributed by atoms with E-state index in [1.807, 2.05) is 30.3 Å². The zero-order valence-corrected chi connectivity index (χ0v) is 11.7. The molecule has 2 N–H and O–H groups in total. The summed E-state index contributed by atoms with van der Waals surface area (Å²) in [6, 6.07) is 11.5. The highest BCUT2D eigenvalue weighted by atomic mass is 32.2. The number of rotatable bonds is 3. The third-order valence-corrected chi connectivity index (χ3v) is 3.83. The summed E-state index contributed by atoms with van der Waals surface area (Å²) in [4.78, 5) is 16.1. The topological polar surface area (TPSA) is 78.2 Å². The number of nitrogens with two attached hydrogens (primary N) is 1. The van der Waals surface area contributed by atoms with Crippen molar-refractivity contribution >= 4 is 17.5 Å². The molecular weight excluding hydrogens is 274 g/mol. The number of hydrogen-bond donors (Lipinski definition) is 1. The molecule has 0 aliphatic carbocycles. The Kier molecular flexibility index (Phi) is 3.19. The van der Waals surface area contributed by atoms with Gasteiger partial charge in [0.2, 0.25) is 5.16 Å². The van der Waals surface area contributed by atoms with Crippen molar-refractivity contribution in [1.29, 1.82) is 0 Å². The molecule has 3 aromatic rings. The summed E-state index contributed by atoms with van der Waals surface area (Å²) in [6.07, 6.45) is 0. The number of nitrogens with zero attached hydrogens (tertiary/aromatic N) is 4. The van der Waals surface area contributed by atoms with Crippen molar-refractivity contribution in [2.24, 2.45) is 0 Å². The Bertz CT molecular complexity index is 809. The summed E-state index contributed by atoms with van der Waals surface area (Å²) >= 11 is 1.47. The second-order valence-corrected chi connectivity index (χ2v) is 5.32. The van der Waals surface area contributed by atoms with Crippen LogP contribution >= 0.6 is 11.8 Å². The van der Waals surface area contributed by atoms with Crippen LogP contribution in [0.4, 0.5) is 0 Å². The molecule has 0 saturated carbocycles. The van der Waals surface area contributed by atoms with Gasteiger partial charge in [-0.25, -0.2) is 4.68 Å². The van der Waals surface area contributed by atoms with E-state index in [4.69, 9.17) is 5.84 Å². The maximum Gasteiger partial charge on any atom is 0.276 e. The summed E-state index contributed by atoms with van der Waals surface area (Å²) in [6.45, 7) is 1.76. The van der Waals surface area contributed by atoms with Gasteiger partial charge in [0.1, 0.15) is 0 Å². The van der Waals surface area contributed by atoms with Crippen LogP contribution in [-0.2, 0) is 5.75 Å². The summed E-state index contributed by atoms with van der Waals surface area (Å²) in [7, 11) is 0. The molecule has 3 rings (SSSR count). The lowest BCUT2D eigenvalue weighted by molar-refractivity contribution is 0.809. The van der Waals surface area contributed by atoms with Gasteiger partial charge >= 0.3 is 0 Å². The zero-order chi connectivity index (χ0) is 14.1. The van der Waals surface area contributed by atoms with E-state index in [9.17, 15) is 4.79 Å². The van der Waals surface area contributed by atoms with Crippen LogP contribution in [0.5, 0.6) is 0 Å². The first-order chi connectivity index (χ1) is 9.65. The maximum absolute atomic E-state index is 11.8. The van der Waals surface area contributed by atoms with E-state index >= 15 is 0 Å². The zero-order valence-electron chi connectivity index (χ0n) is 10.9. The van der Waals surface area contributed by atoms with Gasteiger partial charge in [0.15, 0.2) is 0 Å². The summed E-state index contributed by atoms with van der Waals surface area (Å²) < 4.78 is 2.58. The Hall–Kier alpha value is -2.28. The molecule has 7 heteroatoms. The highest BCUT2D eigenvalue weighted by Gasteiger charge is 2.10. The molecular formula is C13H13N5OS. The lowest BCUT2D eigenvalue weighted by Gasteiger charge is -2.02. The van der Waals surface area contributed by atoms with Crippen molar-refractivity contribution in [1.82, 2.24) is 19.3 Å². The van der Waals surface area contributed by atoms with Gasteiger partial charge in [-0.3, -0.25) is 4.79 Å². The fourth-order valence-electron chi connectivity index (χ4n) is 1.84. The van der Waals surface area contributed by atoms with Crippen LogP contribution in [0.3, 0.4) is 0 Å². The van der Waals surface area contributed by atoms with E-state index < -0.39 is 0 Å². The van der Waals surface area contributed by atoms with Gasteiger partial charge in [-0.05, 0) is 12.5 Å². The Morgan fingerprint density at radius 1 is 1.30 bits per heavy atom. The van der Waals surface area contributed by atoms with Crippen LogP contribution < -0.4 is 11.4 Å². The van der Waals surface area contributed by atoms with Crippen LogP contribution in [0, 0.1) is 6.92 Å². The van der Waals surface area contributed by atoms with Crippen LogP contribution in [0.25, 0.3) is 5.78 Å². The number of fused-ring (bicyclic) bond motifs is 1. The molecule has 0 unspecified atom stereocenters. The first-order valence-electron chi connectivity index (χ1n) is 6.06. The highest BCUT2D eigenvalue weighted by Crippen LogP contribution is 2.19. The molecule has 2 aromatic heterocycles. The number of thioether (sulfide) groups is 1. The largest absolute Gasteiger partial charge is 0.336 e. The number of aryl methyl sites for hydroxylation is 1. The molecule has 6 nitrogen and oxygen atoms in total. The quantitative estimate of drug-likeness (QED) is 0.578. The van der Waals surface area contributed by atoms with E-state index in [1.54, 1.807) is 6.92 Å². The second kappa shape index (κ2) is 5.01. The fraction of sp³-hybridized carbons (Fsp3) is 0.154. The van der Waals surface area contributed by atoms with E-state index in [2.05, 4.69) is 10.1 Å². The fourth-order valence-corrected chi connectivity index (χ4v) is 2.61. The molecule has 1 aromatic carbocycles. The van der Waals surface area contributed by atoms with Crippen molar-refractivity contribution in [2.75, 3.05) is 5.84 Å². The minimum atomic E-state index is -0.224.